The topological polar surface area (TPSA) is 58.6 Å². The maximum atomic E-state index is 13.2. The molecular weight excluding hydrogens is 467 g/mol. The minimum Gasteiger partial charge on any atom is -0.464 e. The molecule has 2 aromatic carbocycles. The van der Waals surface area contributed by atoms with Crippen molar-refractivity contribution in [2.45, 2.75) is 31.8 Å². The van der Waals surface area contributed by atoms with E-state index in [9.17, 15) is 9.59 Å². The standard InChI is InChI=1S/C22H27IN2O3/c1-4-28-22(27)20(15-17-12-8-9-13-18(17)23)25(3)21(26)19(24-2)14-16-10-6-5-7-11-16/h5-13,19-20,24H,4,14-15H2,1-3H3. The van der Waals surface area contributed by atoms with Crippen molar-refractivity contribution >= 4 is 34.5 Å². The maximum absolute atomic E-state index is 13.2. The molecule has 28 heavy (non-hydrogen) atoms. The molecule has 0 heterocycles. The molecular formula is C22H27IN2O3. The molecule has 0 spiro atoms. The van der Waals surface area contributed by atoms with Crippen LogP contribution in [0.5, 0.6) is 0 Å². The van der Waals surface area contributed by atoms with E-state index >= 15 is 0 Å². The molecule has 5 nitrogen and oxygen atoms in total. The smallest absolute Gasteiger partial charge is 0.329 e. The Morgan fingerprint density at radius 1 is 1.07 bits per heavy atom. The number of amides is 1. The first-order valence-corrected chi connectivity index (χ1v) is 10.4. The molecule has 0 aliphatic heterocycles. The van der Waals surface area contributed by atoms with Gasteiger partial charge in [-0.2, -0.15) is 0 Å². The number of halogens is 1. The maximum Gasteiger partial charge on any atom is 0.329 e. The quantitative estimate of drug-likeness (QED) is 0.430. The van der Waals surface area contributed by atoms with Crippen molar-refractivity contribution in [1.82, 2.24) is 10.2 Å². The van der Waals surface area contributed by atoms with Gasteiger partial charge < -0.3 is 15.0 Å². The molecule has 0 saturated heterocycles. The summed E-state index contributed by atoms with van der Waals surface area (Å²) in [6.45, 7) is 2.05. The average molecular weight is 494 g/mol. The number of benzene rings is 2. The average Bonchev–Trinajstić information content (AvgIpc) is 2.71. The molecule has 2 aromatic rings. The zero-order chi connectivity index (χ0) is 20.5. The monoisotopic (exact) mass is 494 g/mol. The van der Waals surface area contributed by atoms with Crippen LogP contribution in [0.25, 0.3) is 0 Å². The molecule has 0 saturated carbocycles. The van der Waals surface area contributed by atoms with E-state index in [1.165, 1.54) is 4.90 Å². The number of esters is 1. The number of nitrogens with zero attached hydrogens (tertiary/aromatic N) is 1. The largest absolute Gasteiger partial charge is 0.464 e. The highest BCUT2D eigenvalue weighted by Gasteiger charge is 2.32. The summed E-state index contributed by atoms with van der Waals surface area (Å²) in [6, 6.07) is 16.6. The molecule has 0 aromatic heterocycles. The molecule has 0 radical (unpaired) electrons. The van der Waals surface area contributed by atoms with Crippen LogP contribution in [0, 0.1) is 3.57 Å². The fourth-order valence-corrected chi connectivity index (χ4v) is 3.66. The minimum atomic E-state index is -0.671. The van der Waals surface area contributed by atoms with Crippen molar-refractivity contribution < 1.29 is 14.3 Å². The number of rotatable bonds is 9. The Bertz CT molecular complexity index is 782. The second kappa shape index (κ2) is 11.2. The fourth-order valence-electron chi connectivity index (χ4n) is 3.05. The highest BCUT2D eigenvalue weighted by Crippen LogP contribution is 2.17. The first-order chi connectivity index (χ1) is 13.5. The van der Waals surface area contributed by atoms with Crippen molar-refractivity contribution in [3.05, 3.63) is 69.3 Å². The lowest BCUT2D eigenvalue weighted by Gasteiger charge is -2.30. The molecule has 6 heteroatoms. The van der Waals surface area contributed by atoms with Gasteiger partial charge in [0.15, 0.2) is 0 Å². The fraction of sp³-hybridized carbons (Fsp3) is 0.364. The molecule has 0 aliphatic rings. The Balaban J connectivity index is 2.21. The number of likely N-dealkylation sites (N-methyl/N-ethyl adjacent to an activating group) is 2. The highest BCUT2D eigenvalue weighted by atomic mass is 127. The van der Waals surface area contributed by atoms with Gasteiger partial charge in [0.1, 0.15) is 6.04 Å². The van der Waals surface area contributed by atoms with Gasteiger partial charge in [-0.25, -0.2) is 4.79 Å². The summed E-state index contributed by atoms with van der Waals surface area (Å²) >= 11 is 2.25. The number of carbonyl (C=O) groups excluding carboxylic acids is 2. The third-order valence-corrected chi connectivity index (χ3v) is 5.73. The number of hydrogen-bond donors (Lipinski definition) is 1. The number of ether oxygens (including phenoxy) is 1. The molecule has 0 aliphatic carbocycles. The summed E-state index contributed by atoms with van der Waals surface area (Å²) in [5.41, 5.74) is 2.08. The lowest BCUT2D eigenvalue weighted by Crippen LogP contribution is -2.52. The van der Waals surface area contributed by atoms with E-state index in [0.29, 0.717) is 12.8 Å². The summed E-state index contributed by atoms with van der Waals surface area (Å²) < 4.78 is 6.32. The second-order valence-corrected chi connectivity index (χ2v) is 7.71. The van der Waals surface area contributed by atoms with E-state index in [2.05, 4.69) is 27.9 Å². The normalized spacial score (nSPS) is 12.9. The molecule has 2 rings (SSSR count). The molecule has 0 fully saturated rings. The first kappa shape index (κ1) is 22.4. The minimum absolute atomic E-state index is 0.129. The summed E-state index contributed by atoms with van der Waals surface area (Å²) in [5.74, 6) is -0.511. The summed E-state index contributed by atoms with van der Waals surface area (Å²) in [7, 11) is 3.44. The SMILES string of the molecule is CCOC(=O)C(Cc1ccccc1I)N(C)C(=O)C(Cc1ccccc1)NC. The highest BCUT2D eigenvalue weighted by molar-refractivity contribution is 14.1. The van der Waals surface area contributed by atoms with Crippen molar-refractivity contribution in [1.29, 1.82) is 0 Å². The van der Waals surface area contributed by atoms with Gasteiger partial charge in [0.2, 0.25) is 5.91 Å². The molecule has 150 valence electrons. The van der Waals surface area contributed by atoms with E-state index in [1.54, 1.807) is 21.0 Å². The van der Waals surface area contributed by atoms with E-state index in [-0.39, 0.29) is 18.5 Å². The van der Waals surface area contributed by atoms with E-state index in [0.717, 1.165) is 14.7 Å². The predicted octanol–water partition coefficient (Wildman–Crippen LogP) is 3.05. The lowest BCUT2D eigenvalue weighted by atomic mass is 10.0. The Labute approximate surface area is 180 Å². The molecule has 1 N–H and O–H groups in total. The van der Waals surface area contributed by atoms with Crippen LogP contribution in [0.15, 0.2) is 54.6 Å². The number of hydrogen-bond acceptors (Lipinski definition) is 4. The molecule has 2 atom stereocenters. The van der Waals surface area contributed by atoms with Crippen molar-refractivity contribution in [3.63, 3.8) is 0 Å². The van der Waals surface area contributed by atoms with Crippen LogP contribution in [-0.2, 0) is 27.2 Å². The van der Waals surface area contributed by atoms with Gasteiger partial charge in [-0.3, -0.25) is 4.79 Å². The van der Waals surface area contributed by atoms with E-state index < -0.39 is 12.1 Å². The van der Waals surface area contributed by atoms with E-state index in [1.807, 2.05) is 54.6 Å². The van der Waals surface area contributed by atoms with Crippen LogP contribution >= 0.6 is 22.6 Å². The van der Waals surface area contributed by atoms with Crippen LogP contribution in [-0.4, -0.2) is 49.6 Å². The Morgan fingerprint density at radius 3 is 2.32 bits per heavy atom. The van der Waals surface area contributed by atoms with Crippen molar-refractivity contribution in [2.24, 2.45) is 0 Å². The van der Waals surface area contributed by atoms with Crippen LogP contribution < -0.4 is 5.32 Å². The van der Waals surface area contributed by atoms with Gasteiger partial charge in [0.25, 0.3) is 0 Å². The van der Waals surface area contributed by atoms with E-state index in [4.69, 9.17) is 4.74 Å². The summed E-state index contributed by atoms with van der Waals surface area (Å²) in [4.78, 5) is 27.3. The van der Waals surface area contributed by atoms with Gasteiger partial charge in [-0.05, 0) is 60.2 Å². The second-order valence-electron chi connectivity index (χ2n) is 6.54. The Hall–Kier alpha value is -1.93. The van der Waals surface area contributed by atoms with Crippen LogP contribution in [0.2, 0.25) is 0 Å². The van der Waals surface area contributed by atoms with Gasteiger partial charge in [-0.1, -0.05) is 48.5 Å². The van der Waals surface area contributed by atoms with Gasteiger partial charge in [-0.15, -0.1) is 0 Å². The third-order valence-electron chi connectivity index (χ3n) is 4.67. The third kappa shape index (κ3) is 6.04. The van der Waals surface area contributed by atoms with Crippen LogP contribution in [0.3, 0.4) is 0 Å². The molecule has 1 amide bonds. The Kier molecular flexibility index (Phi) is 8.92. The summed E-state index contributed by atoms with van der Waals surface area (Å²) in [5, 5.41) is 3.09. The lowest BCUT2D eigenvalue weighted by molar-refractivity contribution is -0.154. The van der Waals surface area contributed by atoms with Gasteiger partial charge in [0.05, 0.1) is 12.6 Å². The molecule has 2 unspecified atom stereocenters. The van der Waals surface area contributed by atoms with Crippen molar-refractivity contribution in [3.8, 4) is 0 Å². The van der Waals surface area contributed by atoms with Gasteiger partial charge >= 0.3 is 5.97 Å². The van der Waals surface area contributed by atoms with Crippen LogP contribution in [0.1, 0.15) is 18.1 Å². The Morgan fingerprint density at radius 2 is 1.71 bits per heavy atom. The van der Waals surface area contributed by atoms with Gasteiger partial charge in [0, 0.05) is 17.0 Å². The number of nitrogens with one attached hydrogen (secondary N) is 1. The number of carbonyl (C=O) groups is 2. The first-order valence-electron chi connectivity index (χ1n) is 9.35. The predicted molar refractivity (Wildman–Crippen MR) is 119 cm³/mol. The molecule has 0 bridgehead atoms. The zero-order valence-electron chi connectivity index (χ0n) is 16.5. The zero-order valence-corrected chi connectivity index (χ0v) is 18.7. The summed E-state index contributed by atoms with van der Waals surface area (Å²) in [6.07, 6.45) is 0.973. The van der Waals surface area contributed by atoms with Crippen molar-refractivity contribution in [2.75, 3.05) is 20.7 Å². The van der Waals surface area contributed by atoms with Crippen LogP contribution in [0.4, 0.5) is 0 Å².